The lowest BCUT2D eigenvalue weighted by atomic mass is 10.0. The molecule has 0 aromatic heterocycles. The van der Waals surface area contributed by atoms with Crippen LogP contribution in [-0.4, -0.2) is 59.3 Å². The fourth-order valence-corrected chi connectivity index (χ4v) is 6.31. The Morgan fingerprint density at radius 2 is 1.08 bits per heavy atom. The van der Waals surface area contributed by atoms with E-state index < -0.39 is 24.5 Å². The van der Waals surface area contributed by atoms with E-state index in [1.807, 2.05) is 0 Å². The van der Waals surface area contributed by atoms with Crippen LogP contribution >= 0.6 is 0 Å². The zero-order valence-corrected chi connectivity index (χ0v) is 34.0. The summed E-state index contributed by atoms with van der Waals surface area (Å²) >= 11 is 0. The Kier molecular flexibility index (Phi) is 37.1. The summed E-state index contributed by atoms with van der Waals surface area (Å²) in [5.41, 5.74) is 0. The molecule has 0 rings (SSSR count). The third-order valence-electron chi connectivity index (χ3n) is 9.69. The smallest absolute Gasteiger partial charge is 0.328 e. The van der Waals surface area contributed by atoms with Crippen LogP contribution in [0.3, 0.4) is 0 Å². The molecule has 308 valence electrons. The predicted octanol–water partition coefficient (Wildman–Crippen LogP) is 10.4. The van der Waals surface area contributed by atoms with Crippen molar-refractivity contribution in [2.45, 2.75) is 219 Å². The van der Waals surface area contributed by atoms with Crippen LogP contribution in [0, 0.1) is 0 Å². The van der Waals surface area contributed by atoms with Crippen LogP contribution in [0.15, 0.2) is 24.3 Å². The van der Waals surface area contributed by atoms with Gasteiger partial charge in [0, 0.05) is 12.8 Å². The number of rotatable bonds is 39. The number of hydrogen-bond donors (Lipinski definition) is 4. The fraction of sp³-hybridized carbons (Fsp3) is 0.818. The molecule has 9 nitrogen and oxygen atoms in total. The van der Waals surface area contributed by atoms with Crippen molar-refractivity contribution in [1.82, 2.24) is 10.6 Å². The molecule has 0 aromatic rings. The summed E-state index contributed by atoms with van der Waals surface area (Å²) in [5.74, 6) is -2.34. The van der Waals surface area contributed by atoms with Crippen molar-refractivity contribution >= 4 is 23.8 Å². The van der Waals surface area contributed by atoms with Crippen molar-refractivity contribution in [3.8, 4) is 0 Å². The highest BCUT2D eigenvalue weighted by Gasteiger charge is 2.18. The van der Waals surface area contributed by atoms with Gasteiger partial charge in [-0.3, -0.25) is 14.4 Å². The third-order valence-corrected chi connectivity index (χ3v) is 9.69. The summed E-state index contributed by atoms with van der Waals surface area (Å²) in [7, 11) is 0. The lowest BCUT2D eigenvalue weighted by Gasteiger charge is -2.15. The monoisotopic (exact) mass is 749 g/mol. The molecule has 0 spiro atoms. The van der Waals surface area contributed by atoms with Gasteiger partial charge in [0.25, 0.3) is 0 Å². The average Bonchev–Trinajstić information content (AvgIpc) is 3.14. The molecule has 0 aliphatic heterocycles. The van der Waals surface area contributed by atoms with Crippen molar-refractivity contribution in [3.63, 3.8) is 0 Å². The highest BCUT2D eigenvalue weighted by atomic mass is 16.5. The molecule has 4 N–H and O–H groups in total. The molecule has 0 saturated carbocycles. The van der Waals surface area contributed by atoms with Crippen LogP contribution in [0.4, 0.5) is 0 Å². The molecule has 2 unspecified atom stereocenters. The second-order valence-electron chi connectivity index (χ2n) is 14.8. The summed E-state index contributed by atoms with van der Waals surface area (Å²) in [5, 5.41) is 22.5. The Bertz CT molecular complexity index is 952. The van der Waals surface area contributed by atoms with Gasteiger partial charge in [0.2, 0.25) is 11.8 Å². The van der Waals surface area contributed by atoms with E-state index >= 15 is 0 Å². The summed E-state index contributed by atoms with van der Waals surface area (Å²) in [6.07, 6.45) is 42.3. The first-order valence-electron chi connectivity index (χ1n) is 21.7. The minimum absolute atomic E-state index is 0.0917. The van der Waals surface area contributed by atoms with Crippen LogP contribution in [0.5, 0.6) is 0 Å². The summed E-state index contributed by atoms with van der Waals surface area (Å²) in [4.78, 5) is 47.4. The number of esters is 1. The number of aliphatic carboxylic acids is 1. The van der Waals surface area contributed by atoms with Crippen molar-refractivity contribution < 1.29 is 34.1 Å². The van der Waals surface area contributed by atoms with Crippen molar-refractivity contribution in [2.24, 2.45) is 0 Å². The zero-order valence-electron chi connectivity index (χ0n) is 34.0. The van der Waals surface area contributed by atoms with Crippen LogP contribution in [0.2, 0.25) is 0 Å². The number of ether oxygens (including phenoxy) is 1. The normalized spacial score (nSPS) is 12.7. The largest absolute Gasteiger partial charge is 0.480 e. The Labute approximate surface area is 324 Å². The van der Waals surface area contributed by atoms with Crippen LogP contribution in [0.1, 0.15) is 206 Å². The summed E-state index contributed by atoms with van der Waals surface area (Å²) < 4.78 is 5.92. The standard InChI is InChI=1S/C44H80N2O7/c1-3-5-7-9-11-13-14-15-16-17-18-19-20-22-28-32-36-43(50)53-39(33-29-25-21-12-10-8-6-4-2)34-30-26-23-24-27-31-35-41(48)45-37-42(49)46-40(38-47)44(51)52/h12,21,29,33,39-40,47H,3-11,13-20,22-28,30-32,34-38H2,1-2H3,(H,45,48)(H,46,49)(H,51,52)/b21-12-,33-29-. The molecule has 0 aliphatic rings. The van der Waals surface area contributed by atoms with Gasteiger partial charge in [0.15, 0.2) is 0 Å². The summed E-state index contributed by atoms with van der Waals surface area (Å²) in [6, 6.07) is -1.38. The van der Waals surface area contributed by atoms with Gasteiger partial charge in [-0.2, -0.15) is 0 Å². The minimum atomic E-state index is -1.38. The molecule has 2 amide bonds. The molecule has 0 radical (unpaired) electrons. The molecule has 0 bridgehead atoms. The lowest BCUT2D eigenvalue weighted by Crippen LogP contribution is -2.47. The van der Waals surface area contributed by atoms with Crippen molar-refractivity contribution in [2.75, 3.05) is 13.2 Å². The number of allylic oxidation sites excluding steroid dienone is 3. The van der Waals surface area contributed by atoms with Gasteiger partial charge in [-0.1, -0.05) is 167 Å². The maximum Gasteiger partial charge on any atom is 0.328 e. The van der Waals surface area contributed by atoms with E-state index in [0.717, 1.165) is 64.2 Å². The first kappa shape index (κ1) is 50.3. The molecule has 0 saturated heterocycles. The molecule has 0 heterocycles. The van der Waals surface area contributed by atoms with E-state index in [0.29, 0.717) is 19.3 Å². The number of carbonyl (C=O) groups excluding carboxylic acids is 3. The van der Waals surface area contributed by atoms with Crippen LogP contribution in [0.25, 0.3) is 0 Å². The Morgan fingerprint density at radius 1 is 0.585 bits per heavy atom. The maximum atomic E-state index is 12.7. The first-order valence-corrected chi connectivity index (χ1v) is 21.7. The molecule has 2 atom stereocenters. The van der Waals surface area contributed by atoms with Gasteiger partial charge in [-0.25, -0.2) is 4.79 Å². The number of aliphatic hydroxyl groups is 1. The zero-order chi connectivity index (χ0) is 39.0. The fourth-order valence-electron chi connectivity index (χ4n) is 6.31. The molecule has 0 aliphatic carbocycles. The van der Waals surface area contributed by atoms with Crippen LogP contribution in [-0.2, 0) is 23.9 Å². The topological polar surface area (TPSA) is 142 Å². The molecular weight excluding hydrogens is 668 g/mol. The Morgan fingerprint density at radius 3 is 1.60 bits per heavy atom. The van der Waals surface area contributed by atoms with E-state index in [4.69, 9.17) is 14.9 Å². The number of carbonyl (C=O) groups is 4. The summed E-state index contributed by atoms with van der Waals surface area (Å²) in [6.45, 7) is 3.45. The van der Waals surface area contributed by atoms with E-state index in [-0.39, 0.29) is 24.5 Å². The number of nitrogens with one attached hydrogen (secondary N) is 2. The molecule has 0 aromatic carbocycles. The Balaban J connectivity index is 4.20. The van der Waals surface area contributed by atoms with E-state index in [1.165, 1.54) is 109 Å². The van der Waals surface area contributed by atoms with Crippen molar-refractivity contribution in [3.05, 3.63) is 24.3 Å². The highest BCUT2D eigenvalue weighted by Crippen LogP contribution is 2.16. The molecular formula is C44H80N2O7. The van der Waals surface area contributed by atoms with Gasteiger partial charge in [-0.15, -0.1) is 0 Å². The highest BCUT2D eigenvalue weighted by molar-refractivity contribution is 5.87. The molecule has 9 heteroatoms. The SMILES string of the molecule is CCCCC/C=C\C/C=C\C(CCCCCCCCC(=O)NCC(=O)NC(CO)C(=O)O)OC(=O)CCCCCCCCCCCCCCCCCC. The van der Waals surface area contributed by atoms with Gasteiger partial charge in [-0.05, 0) is 51.0 Å². The van der Waals surface area contributed by atoms with Crippen LogP contribution < -0.4 is 10.6 Å². The maximum absolute atomic E-state index is 12.7. The first-order chi connectivity index (χ1) is 25.8. The van der Waals surface area contributed by atoms with Gasteiger partial charge in [0.1, 0.15) is 12.1 Å². The number of hydrogen-bond acceptors (Lipinski definition) is 6. The quantitative estimate of drug-likeness (QED) is 0.0278. The van der Waals surface area contributed by atoms with E-state index in [2.05, 4.69) is 48.8 Å². The number of unbranched alkanes of at least 4 members (excludes halogenated alkanes) is 23. The van der Waals surface area contributed by atoms with E-state index in [9.17, 15) is 19.2 Å². The number of carboxylic acids is 1. The number of carboxylic acid groups (broad SMARTS) is 1. The predicted molar refractivity (Wildman–Crippen MR) is 218 cm³/mol. The van der Waals surface area contributed by atoms with E-state index in [1.54, 1.807) is 0 Å². The average molecular weight is 749 g/mol. The van der Waals surface area contributed by atoms with Gasteiger partial charge < -0.3 is 25.6 Å². The third kappa shape index (κ3) is 36.1. The van der Waals surface area contributed by atoms with Crippen molar-refractivity contribution in [1.29, 1.82) is 0 Å². The lowest BCUT2D eigenvalue weighted by molar-refractivity contribution is -0.147. The van der Waals surface area contributed by atoms with Gasteiger partial charge in [0.05, 0.1) is 13.2 Å². The second kappa shape index (κ2) is 39.0. The second-order valence-corrected chi connectivity index (χ2v) is 14.8. The molecule has 53 heavy (non-hydrogen) atoms. The molecule has 0 fully saturated rings. The number of aliphatic hydroxyl groups excluding tert-OH is 1. The minimum Gasteiger partial charge on any atom is -0.480 e. The Hall–Kier alpha value is -2.68. The number of amides is 2. The van der Waals surface area contributed by atoms with Gasteiger partial charge >= 0.3 is 11.9 Å².